The van der Waals surface area contributed by atoms with E-state index < -0.39 is 11.1 Å². The van der Waals surface area contributed by atoms with Crippen LogP contribution in [0.25, 0.3) is 5.57 Å². The van der Waals surface area contributed by atoms with Gasteiger partial charge in [-0.1, -0.05) is 24.3 Å². The molecule has 2 aromatic rings. The second-order valence-corrected chi connectivity index (χ2v) is 9.08. The molecule has 0 saturated heterocycles. The van der Waals surface area contributed by atoms with Gasteiger partial charge in [0, 0.05) is 5.57 Å². The van der Waals surface area contributed by atoms with E-state index in [1.54, 1.807) is 14.2 Å². The third-order valence-electron chi connectivity index (χ3n) is 5.98. The molecule has 0 radical (unpaired) electrons. The summed E-state index contributed by atoms with van der Waals surface area (Å²) in [6.07, 6.45) is 0. The van der Waals surface area contributed by atoms with Crippen LogP contribution < -0.4 is 14.9 Å². The Kier molecular flexibility index (Phi) is 5.36. The number of rotatable bonds is 6. The first-order chi connectivity index (χ1) is 15.2. The van der Waals surface area contributed by atoms with Gasteiger partial charge in [-0.2, -0.15) is 15.3 Å². The molecule has 0 aliphatic carbocycles. The molecule has 0 unspecified atom stereocenters. The lowest BCUT2D eigenvalue weighted by Gasteiger charge is -2.27. The minimum absolute atomic E-state index is 0.218. The second kappa shape index (κ2) is 7.89. The van der Waals surface area contributed by atoms with Gasteiger partial charge in [-0.3, -0.25) is 4.79 Å². The van der Waals surface area contributed by atoms with Crippen LogP contribution in [0.3, 0.4) is 0 Å². The number of azo groups is 1. The number of nitrogens with one attached hydrogen (secondary N) is 1. The zero-order valence-electron chi connectivity index (χ0n) is 19.3. The Morgan fingerprint density at radius 3 is 2.03 bits per heavy atom. The lowest BCUT2D eigenvalue weighted by molar-refractivity contribution is -0.109. The van der Waals surface area contributed by atoms with Crippen molar-refractivity contribution in [3.05, 3.63) is 65.4 Å². The number of carbonyl (C=O) groups is 1. The molecule has 2 heterocycles. The zero-order valence-corrected chi connectivity index (χ0v) is 19.3. The number of Topliss-reactive ketones (excluding diaryl/α,β-unsaturated/α-hetero) is 1. The number of hydrogen-bond acceptors (Lipinski definition) is 7. The molecule has 0 aromatic heterocycles. The molecule has 7 nitrogen and oxygen atoms in total. The van der Waals surface area contributed by atoms with Crippen molar-refractivity contribution in [1.29, 1.82) is 0 Å². The number of hydrazone groups is 1. The fourth-order valence-corrected chi connectivity index (χ4v) is 4.32. The molecule has 0 fully saturated rings. The van der Waals surface area contributed by atoms with Crippen LogP contribution in [0.4, 0.5) is 0 Å². The average molecular weight is 433 g/mol. The minimum Gasteiger partial charge on any atom is -0.497 e. The van der Waals surface area contributed by atoms with E-state index >= 15 is 0 Å². The molecule has 0 spiro atoms. The van der Waals surface area contributed by atoms with Gasteiger partial charge in [-0.05, 0) is 63.1 Å². The lowest BCUT2D eigenvalue weighted by Crippen LogP contribution is -2.40. The van der Waals surface area contributed by atoms with Gasteiger partial charge < -0.3 is 14.9 Å². The monoisotopic (exact) mass is 432 g/mol. The van der Waals surface area contributed by atoms with E-state index in [2.05, 4.69) is 20.8 Å². The van der Waals surface area contributed by atoms with E-state index in [1.165, 1.54) is 0 Å². The van der Waals surface area contributed by atoms with Crippen molar-refractivity contribution in [3.63, 3.8) is 0 Å². The maximum atomic E-state index is 13.8. The largest absolute Gasteiger partial charge is 0.497 e. The van der Waals surface area contributed by atoms with Crippen LogP contribution in [0.1, 0.15) is 44.7 Å². The SMILES string of the molecule is COc1ccc(C2=C(C(=O)C3=NNC(C)(C)[C@@H]3c3ccc(OC)cc3)N=NC2(C)C)cc1. The highest BCUT2D eigenvalue weighted by molar-refractivity contribution is 6.49. The van der Waals surface area contributed by atoms with Crippen molar-refractivity contribution < 1.29 is 14.3 Å². The van der Waals surface area contributed by atoms with E-state index in [9.17, 15) is 4.79 Å². The molecular formula is C25H28N4O3. The summed E-state index contributed by atoms with van der Waals surface area (Å²) in [6.45, 7) is 7.97. The molecule has 0 amide bonds. The molecule has 32 heavy (non-hydrogen) atoms. The summed E-state index contributed by atoms with van der Waals surface area (Å²) in [5, 5.41) is 13.2. The Hall–Kier alpha value is -3.48. The molecular weight excluding hydrogens is 404 g/mol. The normalized spacial score (nSPS) is 20.7. The van der Waals surface area contributed by atoms with E-state index in [0.29, 0.717) is 11.4 Å². The van der Waals surface area contributed by atoms with Crippen LogP contribution in [-0.2, 0) is 4.79 Å². The highest BCUT2D eigenvalue weighted by atomic mass is 16.5. The molecule has 0 bridgehead atoms. The third-order valence-corrected chi connectivity index (χ3v) is 5.98. The van der Waals surface area contributed by atoms with Crippen molar-refractivity contribution in [2.45, 2.75) is 44.7 Å². The van der Waals surface area contributed by atoms with E-state index in [0.717, 1.165) is 28.2 Å². The van der Waals surface area contributed by atoms with E-state index in [4.69, 9.17) is 9.47 Å². The standard InChI is InChI=1S/C25H28N4O3/c1-24(2)19(15-7-11-17(31-5)12-8-15)21(26-28-24)23(30)22-20(25(3,4)29-27-22)16-9-13-18(32-6)14-10-16/h7-14,19,28H,1-6H3/t19-/m1/s1. The van der Waals surface area contributed by atoms with Crippen molar-refractivity contribution in [2.75, 3.05) is 14.2 Å². The molecule has 0 saturated carbocycles. The maximum absolute atomic E-state index is 13.8. The Bertz CT molecular complexity index is 1130. The van der Waals surface area contributed by atoms with Crippen LogP contribution in [0.15, 0.2) is 69.6 Å². The summed E-state index contributed by atoms with van der Waals surface area (Å²) in [7, 11) is 3.26. The number of carbonyl (C=O) groups excluding carboxylic acids is 1. The Labute approximate surface area is 188 Å². The summed E-state index contributed by atoms with van der Waals surface area (Å²) in [6, 6.07) is 15.3. The number of ether oxygens (including phenoxy) is 2. The number of hydrogen-bond donors (Lipinski definition) is 1. The first kappa shape index (κ1) is 21.7. The summed E-state index contributed by atoms with van der Waals surface area (Å²) in [4.78, 5) is 13.8. The molecule has 4 rings (SSSR count). The van der Waals surface area contributed by atoms with Crippen molar-refractivity contribution in [1.82, 2.24) is 5.43 Å². The topological polar surface area (TPSA) is 84.6 Å². The van der Waals surface area contributed by atoms with Crippen LogP contribution in [0.5, 0.6) is 11.5 Å². The molecule has 7 heteroatoms. The quantitative estimate of drug-likeness (QED) is 0.714. The maximum Gasteiger partial charge on any atom is 0.230 e. The Balaban J connectivity index is 1.77. The fourth-order valence-electron chi connectivity index (χ4n) is 4.32. The number of methoxy groups -OCH3 is 2. The minimum atomic E-state index is -0.628. The van der Waals surface area contributed by atoms with Gasteiger partial charge in [0.25, 0.3) is 0 Å². The van der Waals surface area contributed by atoms with Crippen molar-refractivity contribution in [3.8, 4) is 11.5 Å². The summed E-state index contributed by atoms with van der Waals surface area (Å²) < 4.78 is 10.6. The highest BCUT2D eigenvalue weighted by Crippen LogP contribution is 2.42. The van der Waals surface area contributed by atoms with Crippen LogP contribution >= 0.6 is 0 Å². The van der Waals surface area contributed by atoms with Crippen LogP contribution in [0.2, 0.25) is 0 Å². The van der Waals surface area contributed by atoms with Gasteiger partial charge >= 0.3 is 0 Å². The van der Waals surface area contributed by atoms with E-state index in [-0.39, 0.29) is 11.7 Å². The summed E-state index contributed by atoms with van der Waals surface area (Å²) in [5.74, 6) is 1.05. The summed E-state index contributed by atoms with van der Waals surface area (Å²) in [5.41, 5.74) is 5.48. The van der Waals surface area contributed by atoms with Crippen LogP contribution in [-0.4, -0.2) is 36.8 Å². The predicted molar refractivity (Wildman–Crippen MR) is 124 cm³/mol. The third kappa shape index (κ3) is 3.68. The van der Waals surface area contributed by atoms with Gasteiger partial charge in [0.2, 0.25) is 5.78 Å². The van der Waals surface area contributed by atoms with Gasteiger partial charge in [-0.25, -0.2) is 0 Å². The highest BCUT2D eigenvalue weighted by Gasteiger charge is 2.45. The Morgan fingerprint density at radius 1 is 0.906 bits per heavy atom. The summed E-state index contributed by atoms with van der Waals surface area (Å²) >= 11 is 0. The molecule has 1 atom stereocenters. The van der Waals surface area contributed by atoms with E-state index in [1.807, 2.05) is 76.2 Å². The molecule has 2 aliphatic rings. The van der Waals surface area contributed by atoms with Gasteiger partial charge in [0.05, 0.1) is 25.7 Å². The molecule has 1 N–H and O–H groups in total. The number of benzene rings is 2. The van der Waals surface area contributed by atoms with Crippen molar-refractivity contribution >= 4 is 17.1 Å². The number of nitrogens with zero attached hydrogens (tertiary/aromatic N) is 3. The average Bonchev–Trinajstić information content (AvgIpc) is 3.28. The molecule has 2 aromatic carbocycles. The molecule has 2 aliphatic heterocycles. The molecule has 166 valence electrons. The Morgan fingerprint density at radius 2 is 1.47 bits per heavy atom. The first-order valence-corrected chi connectivity index (χ1v) is 10.5. The fraction of sp³-hybridized carbons (Fsp3) is 0.360. The second-order valence-electron chi connectivity index (χ2n) is 9.08. The zero-order chi connectivity index (χ0) is 23.1. The van der Waals surface area contributed by atoms with Gasteiger partial charge in [-0.15, -0.1) is 0 Å². The first-order valence-electron chi connectivity index (χ1n) is 10.5. The van der Waals surface area contributed by atoms with Crippen LogP contribution in [0, 0.1) is 0 Å². The lowest BCUT2D eigenvalue weighted by atomic mass is 9.77. The number of ketones is 1. The number of allylic oxidation sites excluding steroid dienone is 1. The predicted octanol–water partition coefficient (Wildman–Crippen LogP) is 4.75. The smallest absolute Gasteiger partial charge is 0.230 e. The van der Waals surface area contributed by atoms with Gasteiger partial charge in [0.15, 0.2) is 0 Å². The van der Waals surface area contributed by atoms with Gasteiger partial charge in [0.1, 0.15) is 28.4 Å². The van der Waals surface area contributed by atoms with Crippen molar-refractivity contribution in [2.24, 2.45) is 15.3 Å².